The van der Waals surface area contributed by atoms with E-state index in [1.165, 1.54) is 5.56 Å². The zero-order valence-corrected chi connectivity index (χ0v) is 17.7. The van der Waals surface area contributed by atoms with E-state index in [4.69, 9.17) is 9.47 Å². The maximum atomic E-state index is 12.6. The highest BCUT2D eigenvalue weighted by Crippen LogP contribution is 2.25. The van der Waals surface area contributed by atoms with Gasteiger partial charge in [-0.05, 0) is 48.4 Å². The Kier molecular flexibility index (Phi) is 7.28. The molecule has 0 fully saturated rings. The van der Waals surface area contributed by atoms with Gasteiger partial charge in [0.1, 0.15) is 11.5 Å². The van der Waals surface area contributed by atoms with Crippen LogP contribution in [0.1, 0.15) is 28.4 Å². The number of ketones is 1. The number of carbonyl (C=O) groups excluding carboxylic acids is 1. The van der Waals surface area contributed by atoms with E-state index in [1.807, 2.05) is 24.3 Å². The smallest absolute Gasteiger partial charge is 0.189 e. The second-order valence-electron chi connectivity index (χ2n) is 6.86. The number of anilines is 1. The van der Waals surface area contributed by atoms with Crippen molar-refractivity contribution in [3.8, 4) is 11.5 Å². The number of hydrogen-bond donors (Lipinski definition) is 0. The minimum atomic E-state index is -0.113. The van der Waals surface area contributed by atoms with Crippen molar-refractivity contribution in [3.05, 3.63) is 95.6 Å². The van der Waals surface area contributed by atoms with E-state index < -0.39 is 0 Å². The van der Waals surface area contributed by atoms with Gasteiger partial charge in [-0.1, -0.05) is 48.5 Å². The number of methoxy groups -OCH3 is 2. The van der Waals surface area contributed by atoms with Crippen molar-refractivity contribution in [1.29, 1.82) is 0 Å². The first kappa shape index (κ1) is 21.2. The average Bonchev–Trinajstić information content (AvgIpc) is 2.81. The minimum Gasteiger partial charge on any atom is -0.497 e. The van der Waals surface area contributed by atoms with Gasteiger partial charge in [0.25, 0.3) is 0 Å². The standard InChI is InChI=1S/C26H27NO3/c1-4-27(19-21-8-6-5-7-9-21)22-13-10-20(11-14-22)12-17-25(28)24-16-15-23(29-2)18-26(24)30-3/h5-18H,4,19H2,1-3H3/b17-12+. The highest BCUT2D eigenvalue weighted by atomic mass is 16.5. The van der Waals surface area contributed by atoms with E-state index in [-0.39, 0.29) is 5.78 Å². The molecule has 0 aliphatic heterocycles. The van der Waals surface area contributed by atoms with Crippen LogP contribution in [0.3, 0.4) is 0 Å². The number of ether oxygens (including phenoxy) is 2. The molecule has 3 aromatic carbocycles. The molecule has 0 radical (unpaired) electrons. The van der Waals surface area contributed by atoms with Crippen LogP contribution in [-0.2, 0) is 6.54 Å². The molecule has 30 heavy (non-hydrogen) atoms. The zero-order chi connectivity index (χ0) is 21.3. The van der Waals surface area contributed by atoms with E-state index in [2.05, 4.69) is 48.2 Å². The van der Waals surface area contributed by atoms with Crippen molar-refractivity contribution in [2.45, 2.75) is 13.5 Å². The lowest BCUT2D eigenvalue weighted by Gasteiger charge is -2.23. The summed E-state index contributed by atoms with van der Waals surface area (Å²) in [6.45, 7) is 3.93. The Morgan fingerprint density at radius 3 is 2.30 bits per heavy atom. The Hall–Kier alpha value is -3.53. The van der Waals surface area contributed by atoms with Crippen molar-refractivity contribution >= 4 is 17.5 Å². The first-order chi connectivity index (χ1) is 14.6. The van der Waals surface area contributed by atoms with E-state index in [0.29, 0.717) is 17.1 Å². The van der Waals surface area contributed by atoms with Gasteiger partial charge in [-0.2, -0.15) is 0 Å². The van der Waals surface area contributed by atoms with Gasteiger partial charge in [0, 0.05) is 24.8 Å². The number of rotatable bonds is 9. The molecule has 0 bridgehead atoms. The third-order valence-corrected chi connectivity index (χ3v) is 4.96. The van der Waals surface area contributed by atoms with Gasteiger partial charge < -0.3 is 14.4 Å². The summed E-state index contributed by atoms with van der Waals surface area (Å²) in [7, 11) is 3.13. The van der Waals surface area contributed by atoms with Crippen LogP contribution in [0.15, 0.2) is 78.9 Å². The van der Waals surface area contributed by atoms with Crippen LogP contribution in [0.5, 0.6) is 11.5 Å². The molecule has 3 aromatic rings. The number of allylic oxidation sites excluding steroid dienone is 1. The monoisotopic (exact) mass is 401 g/mol. The van der Waals surface area contributed by atoms with Crippen LogP contribution in [-0.4, -0.2) is 26.5 Å². The molecular formula is C26H27NO3. The summed E-state index contributed by atoms with van der Waals surface area (Å²) in [6.07, 6.45) is 3.39. The Balaban J connectivity index is 1.70. The van der Waals surface area contributed by atoms with Crippen molar-refractivity contribution in [2.24, 2.45) is 0 Å². The number of nitrogens with zero attached hydrogens (tertiary/aromatic N) is 1. The van der Waals surface area contributed by atoms with Crippen LogP contribution in [0.2, 0.25) is 0 Å². The van der Waals surface area contributed by atoms with Crippen molar-refractivity contribution in [3.63, 3.8) is 0 Å². The number of benzene rings is 3. The van der Waals surface area contributed by atoms with Gasteiger partial charge in [-0.3, -0.25) is 4.79 Å². The van der Waals surface area contributed by atoms with Gasteiger partial charge in [-0.15, -0.1) is 0 Å². The van der Waals surface area contributed by atoms with Gasteiger partial charge in [0.15, 0.2) is 5.78 Å². The molecule has 154 valence electrons. The van der Waals surface area contributed by atoms with Gasteiger partial charge in [0.2, 0.25) is 0 Å². The quantitative estimate of drug-likeness (QED) is 0.344. The van der Waals surface area contributed by atoms with Gasteiger partial charge in [-0.25, -0.2) is 0 Å². The molecule has 0 spiro atoms. The molecule has 0 N–H and O–H groups in total. The summed E-state index contributed by atoms with van der Waals surface area (Å²) in [5.74, 6) is 1.04. The summed E-state index contributed by atoms with van der Waals surface area (Å²) in [4.78, 5) is 14.9. The molecule has 0 saturated carbocycles. The fourth-order valence-corrected chi connectivity index (χ4v) is 3.25. The highest BCUT2D eigenvalue weighted by Gasteiger charge is 2.11. The third-order valence-electron chi connectivity index (χ3n) is 4.96. The SMILES string of the molecule is CCN(Cc1ccccc1)c1ccc(/C=C/C(=O)c2ccc(OC)cc2OC)cc1. The Morgan fingerprint density at radius 1 is 0.933 bits per heavy atom. The molecule has 0 aliphatic carbocycles. The lowest BCUT2D eigenvalue weighted by Crippen LogP contribution is -2.21. The zero-order valence-electron chi connectivity index (χ0n) is 17.7. The topological polar surface area (TPSA) is 38.8 Å². The lowest BCUT2D eigenvalue weighted by atomic mass is 10.1. The summed E-state index contributed by atoms with van der Waals surface area (Å²) in [5, 5.41) is 0. The molecule has 3 rings (SSSR count). The second-order valence-corrected chi connectivity index (χ2v) is 6.86. The Labute approximate surface area is 178 Å². The largest absolute Gasteiger partial charge is 0.497 e. The van der Waals surface area contributed by atoms with Crippen LogP contribution in [0.25, 0.3) is 6.08 Å². The predicted octanol–water partition coefficient (Wildman–Crippen LogP) is 5.63. The number of hydrogen-bond acceptors (Lipinski definition) is 4. The molecule has 4 nitrogen and oxygen atoms in total. The second kappa shape index (κ2) is 10.3. The lowest BCUT2D eigenvalue weighted by molar-refractivity contribution is 0.104. The normalized spacial score (nSPS) is 10.8. The predicted molar refractivity (Wildman–Crippen MR) is 123 cm³/mol. The molecular weight excluding hydrogens is 374 g/mol. The summed E-state index contributed by atoms with van der Waals surface area (Å²) in [5.41, 5.74) is 3.91. The fraction of sp³-hybridized carbons (Fsp3) is 0.192. The van der Waals surface area contributed by atoms with Crippen LogP contribution in [0, 0.1) is 0 Å². The van der Waals surface area contributed by atoms with Crippen molar-refractivity contribution < 1.29 is 14.3 Å². The number of carbonyl (C=O) groups is 1. The molecule has 0 unspecified atom stereocenters. The van der Waals surface area contributed by atoms with E-state index in [9.17, 15) is 4.79 Å². The fourth-order valence-electron chi connectivity index (χ4n) is 3.25. The first-order valence-electron chi connectivity index (χ1n) is 9.98. The van der Waals surface area contributed by atoms with E-state index >= 15 is 0 Å². The summed E-state index contributed by atoms with van der Waals surface area (Å²) >= 11 is 0. The Bertz CT molecular complexity index is 995. The van der Waals surface area contributed by atoms with Crippen LogP contribution >= 0.6 is 0 Å². The maximum absolute atomic E-state index is 12.6. The van der Waals surface area contributed by atoms with Crippen molar-refractivity contribution in [2.75, 3.05) is 25.7 Å². The highest BCUT2D eigenvalue weighted by molar-refractivity contribution is 6.08. The molecule has 0 atom stereocenters. The molecule has 4 heteroatoms. The van der Waals surface area contributed by atoms with Gasteiger partial charge >= 0.3 is 0 Å². The molecule has 0 saturated heterocycles. The van der Waals surface area contributed by atoms with Crippen LogP contribution < -0.4 is 14.4 Å². The minimum absolute atomic E-state index is 0.113. The molecule has 0 amide bonds. The van der Waals surface area contributed by atoms with E-state index in [0.717, 1.165) is 24.3 Å². The molecule has 0 aliphatic rings. The molecule has 0 aromatic heterocycles. The van der Waals surface area contributed by atoms with Crippen LogP contribution in [0.4, 0.5) is 5.69 Å². The first-order valence-corrected chi connectivity index (χ1v) is 9.98. The molecule has 0 heterocycles. The summed E-state index contributed by atoms with van der Waals surface area (Å²) in [6, 6.07) is 23.8. The van der Waals surface area contributed by atoms with Crippen molar-refractivity contribution in [1.82, 2.24) is 0 Å². The Morgan fingerprint density at radius 2 is 1.67 bits per heavy atom. The van der Waals surface area contributed by atoms with Gasteiger partial charge in [0.05, 0.1) is 19.8 Å². The third kappa shape index (κ3) is 5.29. The summed E-state index contributed by atoms with van der Waals surface area (Å²) < 4.78 is 10.5. The van der Waals surface area contributed by atoms with E-state index in [1.54, 1.807) is 38.5 Å². The maximum Gasteiger partial charge on any atom is 0.189 e. The average molecular weight is 402 g/mol.